The van der Waals surface area contributed by atoms with Gasteiger partial charge in [-0.1, -0.05) is 25.7 Å². The lowest BCUT2D eigenvalue weighted by molar-refractivity contribution is -0.148. The molecule has 0 spiro atoms. The lowest BCUT2D eigenvalue weighted by Crippen LogP contribution is -2.49. The highest BCUT2D eigenvalue weighted by molar-refractivity contribution is 6.01. The van der Waals surface area contributed by atoms with Gasteiger partial charge in [0.1, 0.15) is 0 Å². The summed E-state index contributed by atoms with van der Waals surface area (Å²) in [5, 5.41) is 2.83. The van der Waals surface area contributed by atoms with Gasteiger partial charge < -0.3 is 15.8 Å². The minimum atomic E-state index is -1.20. The summed E-state index contributed by atoms with van der Waals surface area (Å²) in [6, 6.07) is -1.04. The fourth-order valence-electron chi connectivity index (χ4n) is 2.05. The summed E-state index contributed by atoms with van der Waals surface area (Å²) in [7, 11) is 0. The van der Waals surface area contributed by atoms with E-state index in [1.165, 1.54) is 12.8 Å². The van der Waals surface area contributed by atoms with Crippen molar-refractivity contribution in [3.8, 4) is 0 Å². The third kappa shape index (κ3) is 4.73. The van der Waals surface area contributed by atoms with E-state index in [1.807, 2.05) is 0 Å². The molecule has 1 aliphatic rings. The van der Waals surface area contributed by atoms with Crippen molar-refractivity contribution < 1.29 is 14.3 Å². The summed E-state index contributed by atoms with van der Waals surface area (Å²) >= 11 is 0. The van der Waals surface area contributed by atoms with Crippen molar-refractivity contribution in [1.29, 1.82) is 0 Å². The summed E-state index contributed by atoms with van der Waals surface area (Å²) in [5.74, 6) is -1.08. The molecule has 5 heteroatoms. The second-order valence-corrected chi connectivity index (χ2v) is 4.43. The van der Waals surface area contributed by atoms with E-state index in [2.05, 4.69) is 5.32 Å². The van der Waals surface area contributed by atoms with Crippen LogP contribution in [0.15, 0.2) is 0 Å². The second kappa shape index (κ2) is 7.27. The van der Waals surface area contributed by atoms with Crippen LogP contribution in [0.25, 0.3) is 0 Å². The van der Waals surface area contributed by atoms with Crippen LogP contribution in [0.2, 0.25) is 0 Å². The Balaban J connectivity index is 2.38. The van der Waals surface area contributed by atoms with Crippen LogP contribution >= 0.6 is 0 Å². The quantitative estimate of drug-likeness (QED) is 0.432. The van der Waals surface area contributed by atoms with Crippen LogP contribution in [-0.2, 0) is 14.3 Å². The van der Waals surface area contributed by atoms with Gasteiger partial charge in [0.25, 0.3) is 0 Å². The molecule has 0 bridgehead atoms. The van der Waals surface area contributed by atoms with E-state index in [0.29, 0.717) is 0 Å². The lowest BCUT2D eigenvalue weighted by Gasteiger charge is -2.18. The molecular weight excluding hydrogens is 220 g/mol. The first-order valence-corrected chi connectivity index (χ1v) is 6.37. The molecule has 0 aliphatic heterocycles. The van der Waals surface area contributed by atoms with Crippen molar-refractivity contribution in [2.24, 2.45) is 5.73 Å². The van der Waals surface area contributed by atoms with Crippen molar-refractivity contribution >= 4 is 11.9 Å². The van der Waals surface area contributed by atoms with Crippen LogP contribution in [0.5, 0.6) is 0 Å². The van der Waals surface area contributed by atoms with Gasteiger partial charge in [0.2, 0.25) is 5.91 Å². The van der Waals surface area contributed by atoms with E-state index in [4.69, 9.17) is 10.5 Å². The van der Waals surface area contributed by atoms with Crippen LogP contribution in [0, 0.1) is 0 Å². The van der Waals surface area contributed by atoms with Gasteiger partial charge in [-0.05, 0) is 19.8 Å². The number of rotatable bonds is 4. The zero-order valence-electron chi connectivity index (χ0n) is 10.4. The summed E-state index contributed by atoms with van der Waals surface area (Å²) in [6.07, 6.45) is 6.63. The maximum absolute atomic E-state index is 11.7. The average molecular weight is 242 g/mol. The second-order valence-electron chi connectivity index (χ2n) is 4.43. The Labute approximate surface area is 102 Å². The van der Waals surface area contributed by atoms with Crippen LogP contribution in [0.3, 0.4) is 0 Å². The summed E-state index contributed by atoms with van der Waals surface area (Å²) in [4.78, 5) is 23.0. The fourth-order valence-corrected chi connectivity index (χ4v) is 2.05. The Morgan fingerprint density at radius 1 is 1.29 bits per heavy atom. The number of esters is 1. The maximum atomic E-state index is 11.7. The molecule has 1 aliphatic carbocycles. The van der Waals surface area contributed by atoms with Gasteiger partial charge in [0.15, 0.2) is 6.04 Å². The number of ether oxygens (including phenoxy) is 1. The molecule has 0 radical (unpaired) electrons. The van der Waals surface area contributed by atoms with Crippen molar-refractivity contribution in [3.63, 3.8) is 0 Å². The molecular formula is C12H22N2O3. The minimum absolute atomic E-state index is 0.158. The largest absolute Gasteiger partial charge is 0.464 e. The zero-order chi connectivity index (χ0) is 12.7. The van der Waals surface area contributed by atoms with Gasteiger partial charge >= 0.3 is 5.97 Å². The SMILES string of the molecule is CCOC(=O)C(N)C(=O)NC1CCCCCC1. The minimum Gasteiger partial charge on any atom is -0.464 e. The van der Waals surface area contributed by atoms with E-state index in [1.54, 1.807) is 6.92 Å². The van der Waals surface area contributed by atoms with Crippen LogP contribution in [0.4, 0.5) is 0 Å². The molecule has 0 aromatic rings. The van der Waals surface area contributed by atoms with E-state index in [-0.39, 0.29) is 12.6 Å². The Kier molecular flexibility index (Phi) is 5.97. The Bertz CT molecular complexity index is 260. The van der Waals surface area contributed by atoms with Gasteiger partial charge in [-0.25, -0.2) is 4.79 Å². The molecule has 1 rings (SSSR count). The summed E-state index contributed by atoms with van der Waals surface area (Å²) in [5.41, 5.74) is 5.52. The molecule has 0 saturated heterocycles. The fraction of sp³-hybridized carbons (Fsp3) is 0.833. The highest BCUT2D eigenvalue weighted by Gasteiger charge is 2.25. The molecule has 1 saturated carbocycles. The number of nitrogens with two attached hydrogens (primary N) is 1. The Morgan fingerprint density at radius 2 is 1.88 bits per heavy atom. The molecule has 0 aromatic carbocycles. The van der Waals surface area contributed by atoms with Gasteiger partial charge in [-0.3, -0.25) is 4.79 Å². The average Bonchev–Trinajstić information content (AvgIpc) is 2.57. The first kappa shape index (κ1) is 14.0. The first-order chi connectivity index (χ1) is 8.15. The van der Waals surface area contributed by atoms with Gasteiger partial charge in [0, 0.05) is 6.04 Å². The molecule has 98 valence electrons. The molecule has 1 amide bonds. The number of carbonyl (C=O) groups is 2. The Morgan fingerprint density at radius 3 is 2.41 bits per heavy atom. The van der Waals surface area contributed by atoms with E-state index < -0.39 is 17.9 Å². The highest BCUT2D eigenvalue weighted by Crippen LogP contribution is 2.17. The van der Waals surface area contributed by atoms with Crippen molar-refractivity contribution in [2.45, 2.75) is 57.5 Å². The van der Waals surface area contributed by atoms with Gasteiger partial charge in [0.05, 0.1) is 6.61 Å². The van der Waals surface area contributed by atoms with Crippen LogP contribution in [0.1, 0.15) is 45.4 Å². The lowest BCUT2D eigenvalue weighted by atomic mass is 10.1. The third-order valence-electron chi connectivity index (χ3n) is 3.02. The molecule has 1 fully saturated rings. The Hall–Kier alpha value is -1.10. The van der Waals surface area contributed by atoms with Gasteiger partial charge in [-0.2, -0.15) is 0 Å². The zero-order valence-corrected chi connectivity index (χ0v) is 10.4. The predicted octanol–water partition coefficient (Wildman–Crippen LogP) is 0.716. The third-order valence-corrected chi connectivity index (χ3v) is 3.02. The number of hydrogen-bond acceptors (Lipinski definition) is 4. The molecule has 1 unspecified atom stereocenters. The molecule has 0 heterocycles. The van der Waals surface area contributed by atoms with Crippen LogP contribution < -0.4 is 11.1 Å². The van der Waals surface area contributed by atoms with E-state index >= 15 is 0 Å². The van der Waals surface area contributed by atoms with Crippen molar-refractivity contribution in [2.75, 3.05) is 6.61 Å². The molecule has 17 heavy (non-hydrogen) atoms. The molecule has 0 aromatic heterocycles. The number of amides is 1. The molecule has 1 atom stereocenters. The van der Waals surface area contributed by atoms with Gasteiger partial charge in [-0.15, -0.1) is 0 Å². The maximum Gasteiger partial charge on any atom is 0.332 e. The van der Waals surface area contributed by atoms with E-state index in [0.717, 1.165) is 25.7 Å². The normalized spacial score (nSPS) is 19.2. The highest BCUT2D eigenvalue weighted by atomic mass is 16.5. The van der Waals surface area contributed by atoms with E-state index in [9.17, 15) is 9.59 Å². The molecule has 3 N–H and O–H groups in total. The first-order valence-electron chi connectivity index (χ1n) is 6.37. The smallest absolute Gasteiger partial charge is 0.332 e. The molecule has 5 nitrogen and oxygen atoms in total. The van der Waals surface area contributed by atoms with Crippen LogP contribution in [-0.4, -0.2) is 30.6 Å². The topological polar surface area (TPSA) is 81.4 Å². The van der Waals surface area contributed by atoms with Crippen molar-refractivity contribution in [3.05, 3.63) is 0 Å². The number of nitrogens with one attached hydrogen (secondary N) is 1. The monoisotopic (exact) mass is 242 g/mol. The summed E-state index contributed by atoms with van der Waals surface area (Å²) in [6.45, 7) is 1.93. The standard InChI is InChI=1S/C12H22N2O3/c1-2-17-12(16)10(13)11(15)14-9-7-5-3-4-6-8-9/h9-10H,2-8,13H2,1H3,(H,14,15). The summed E-state index contributed by atoms with van der Waals surface area (Å²) < 4.78 is 4.71. The number of hydrogen-bond donors (Lipinski definition) is 2. The predicted molar refractivity (Wildman–Crippen MR) is 64.2 cm³/mol. The number of carbonyl (C=O) groups excluding carboxylic acids is 2. The van der Waals surface area contributed by atoms with Crippen molar-refractivity contribution in [1.82, 2.24) is 5.32 Å².